The van der Waals surface area contributed by atoms with Crippen LogP contribution in [0.2, 0.25) is 0 Å². The van der Waals surface area contributed by atoms with Gasteiger partial charge in [-0.1, -0.05) is 133 Å². The quantitative estimate of drug-likeness (QED) is 0.119. The molecular formula is C42H44O7. The summed E-state index contributed by atoms with van der Waals surface area (Å²) in [6.07, 6.45) is -4.73. The van der Waals surface area contributed by atoms with E-state index in [-0.39, 0.29) is 13.2 Å². The van der Waals surface area contributed by atoms with Gasteiger partial charge in [0.15, 0.2) is 0 Å². The average Bonchev–Trinajstić information content (AvgIpc) is 3.16. The lowest BCUT2D eigenvalue weighted by atomic mass is 9.83. The molecule has 0 heterocycles. The molecular weight excluding hydrogens is 616 g/mol. The van der Waals surface area contributed by atoms with E-state index in [1.165, 1.54) is 0 Å². The predicted octanol–water partition coefficient (Wildman–Crippen LogP) is 7.30. The number of ether oxygens (including phenoxy) is 6. The number of methoxy groups -OCH3 is 1. The van der Waals surface area contributed by atoms with Crippen molar-refractivity contribution in [1.82, 2.24) is 0 Å². The minimum Gasteiger partial charge on any atom is -0.497 e. The molecule has 0 aromatic heterocycles. The third-order valence-electron chi connectivity index (χ3n) is 8.71. The van der Waals surface area contributed by atoms with Crippen LogP contribution in [0, 0.1) is 0 Å². The van der Waals surface area contributed by atoms with Crippen LogP contribution in [0.15, 0.2) is 146 Å². The van der Waals surface area contributed by atoms with Gasteiger partial charge in [0.05, 0.1) is 40.1 Å². The van der Waals surface area contributed by atoms with E-state index in [1.807, 2.05) is 146 Å². The molecule has 1 N–H and O–H groups in total. The van der Waals surface area contributed by atoms with Crippen molar-refractivity contribution in [3.8, 4) is 5.75 Å². The summed E-state index contributed by atoms with van der Waals surface area (Å²) in [7, 11) is 1.64. The lowest BCUT2D eigenvalue weighted by Gasteiger charge is -2.48. The molecule has 254 valence electrons. The van der Waals surface area contributed by atoms with Crippen LogP contribution in [0.1, 0.15) is 27.8 Å². The maximum absolute atomic E-state index is 12.2. The zero-order chi connectivity index (χ0) is 33.7. The Morgan fingerprint density at radius 1 is 0.367 bits per heavy atom. The second kappa shape index (κ2) is 17.9. The lowest BCUT2D eigenvalue weighted by Crippen LogP contribution is -2.66. The molecule has 5 aromatic carbocycles. The Kier molecular flexibility index (Phi) is 12.6. The largest absolute Gasteiger partial charge is 0.497 e. The Labute approximate surface area is 289 Å². The van der Waals surface area contributed by atoms with Crippen molar-refractivity contribution in [3.63, 3.8) is 0 Å². The lowest BCUT2D eigenvalue weighted by molar-refractivity contribution is -0.283. The number of rotatable bonds is 16. The first-order valence-electron chi connectivity index (χ1n) is 16.7. The summed E-state index contributed by atoms with van der Waals surface area (Å²) in [5.41, 5.74) is 4.92. The first-order valence-corrected chi connectivity index (χ1v) is 16.7. The molecule has 0 saturated heterocycles. The van der Waals surface area contributed by atoms with Gasteiger partial charge in [-0.05, 0) is 39.9 Å². The zero-order valence-corrected chi connectivity index (χ0v) is 27.8. The van der Waals surface area contributed by atoms with Crippen LogP contribution < -0.4 is 4.74 Å². The van der Waals surface area contributed by atoms with Crippen molar-refractivity contribution in [2.45, 2.75) is 69.7 Å². The van der Waals surface area contributed by atoms with E-state index < -0.39 is 36.6 Å². The first-order chi connectivity index (χ1) is 24.2. The summed E-state index contributed by atoms with van der Waals surface area (Å²) in [6, 6.07) is 47.6. The molecule has 0 aliphatic heterocycles. The van der Waals surface area contributed by atoms with Crippen molar-refractivity contribution in [2.24, 2.45) is 0 Å². The number of benzene rings is 5. The molecule has 1 fully saturated rings. The van der Waals surface area contributed by atoms with Crippen molar-refractivity contribution in [2.75, 3.05) is 7.11 Å². The minimum absolute atomic E-state index is 0.239. The van der Waals surface area contributed by atoms with Gasteiger partial charge in [0.1, 0.15) is 42.4 Å². The topological polar surface area (TPSA) is 75.6 Å². The fourth-order valence-corrected chi connectivity index (χ4v) is 6.07. The second-order valence-corrected chi connectivity index (χ2v) is 12.2. The van der Waals surface area contributed by atoms with Crippen molar-refractivity contribution in [3.05, 3.63) is 173 Å². The van der Waals surface area contributed by atoms with Gasteiger partial charge in [0.25, 0.3) is 0 Å². The third-order valence-corrected chi connectivity index (χ3v) is 8.71. The molecule has 1 aliphatic carbocycles. The zero-order valence-electron chi connectivity index (χ0n) is 27.8. The standard InChI is InChI=1S/C42H44O7/c1-44-36-24-22-35(23-25-36)30-46-39-37(43)38(45-26-31-14-6-2-7-15-31)40(47-27-32-16-8-3-9-17-32)42(49-29-34-20-12-5-13-21-34)41(39)48-28-33-18-10-4-11-19-33/h2-25,37-43H,26-30H2,1H3/t37-,38+,39-,40-,41+,42+/m1/s1. The van der Waals surface area contributed by atoms with Crippen LogP contribution in [-0.4, -0.2) is 48.8 Å². The molecule has 1 saturated carbocycles. The Bertz CT molecular complexity index is 1640. The van der Waals surface area contributed by atoms with Crippen molar-refractivity contribution in [1.29, 1.82) is 0 Å². The number of hydrogen-bond acceptors (Lipinski definition) is 7. The summed E-state index contributed by atoms with van der Waals surface area (Å²) in [5.74, 6) is 0.757. The summed E-state index contributed by atoms with van der Waals surface area (Å²) in [4.78, 5) is 0. The molecule has 1 aliphatic rings. The van der Waals surface area contributed by atoms with Gasteiger partial charge in [0.2, 0.25) is 0 Å². The summed E-state index contributed by atoms with van der Waals surface area (Å²) < 4.78 is 38.7. The van der Waals surface area contributed by atoms with Crippen LogP contribution in [0.5, 0.6) is 5.75 Å². The van der Waals surface area contributed by atoms with E-state index in [4.69, 9.17) is 28.4 Å². The Morgan fingerprint density at radius 2 is 0.633 bits per heavy atom. The van der Waals surface area contributed by atoms with Gasteiger partial charge < -0.3 is 33.5 Å². The van der Waals surface area contributed by atoms with E-state index in [0.29, 0.717) is 19.8 Å². The fraction of sp³-hybridized carbons (Fsp3) is 0.286. The second-order valence-electron chi connectivity index (χ2n) is 12.2. The summed E-state index contributed by atoms with van der Waals surface area (Å²) in [5, 5.41) is 12.2. The van der Waals surface area contributed by atoms with Crippen molar-refractivity contribution < 1.29 is 33.5 Å². The number of aliphatic hydroxyl groups is 1. The highest BCUT2D eigenvalue weighted by Gasteiger charge is 2.54. The van der Waals surface area contributed by atoms with Crippen LogP contribution in [0.3, 0.4) is 0 Å². The summed E-state index contributed by atoms with van der Waals surface area (Å²) in [6.45, 7) is 1.43. The maximum atomic E-state index is 12.2. The molecule has 6 rings (SSSR count). The molecule has 0 bridgehead atoms. The van der Waals surface area contributed by atoms with Gasteiger partial charge in [0, 0.05) is 0 Å². The Hall–Kier alpha value is -4.34. The maximum Gasteiger partial charge on any atom is 0.118 e. The van der Waals surface area contributed by atoms with Gasteiger partial charge in [-0.15, -0.1) is 0 Å². The van der Waals surface area contributed by atoms with E-state index in [0.717, 1.165) is 33.6 Å². The van der Waals surface area contributed by atoms with E-state index in [9.17, 15) is 5.11 Å². The van der Waals surface area contributed by atoms with Crippen molar-refractivity contribution >= 4 is 0 Å². The monoisotopic (exact) mass is 660 g/mol. The minimum atomic E-state index is -1.10. The summed E-state index contributed by atoms with van der Waals surface area (Å²) >= 11 is 0. The molecule has 49 heavy (non-hydrogen) atoms. The highest BCUT2D eigenvalue weighted by Crippen LogP contribution is 2.35. The van der Waals surface area contributed by atoms with E-state index >= 15 is 0 Å². The molecule has 0 spiro atoms. The molecule has 6 atom stereocenters. The normalized spacial score (nSPS) is 22.1. The smallest absolute Gasteiger partial charge is 0.118 e. The number of hydrogen-bond donors (Lipinski definition) is 1. The van der Waals surface area contributed by atoms with E-state index in [2.05, 4.69) is 0 Å². The predicted molar refractivity (Wildman–Crippen MR) is 188 cm³/mol. The van der Waals surface area contributed by atoms with E-state index in [1.54, 1.807) is 7.11 Å². The first kappa shape index (κ1) is 34.5. The molecule has 0 radical (unpaired) electrons. The SMILES string of the molecule is COc1ccc(CO[C@@H]2[C@H](O)[C@H](OCc3ccccc3)[C@@H](OCc3ccccc3)[C@H](OCc3ccccc3)[C@H]2OCc2ccccc2)cc1. The van der Waals surface area contributed by atoms with Crippen LogP contribution in [-0.2, 0) is 56.7 Å². The Balaban J connectivity index is 1.34. The highest BCUT2D eigenvalue weighted by atomic mass is 16.6. The van der Waals surface area contributed by atoms with Gasteiger partial charge in [-0.25, -0.2) is 0 Å². The number of aliphatic hydroxyl groups excluding tert-OH is 1. The third kappa shape index (κ3) is 9.64. The highest BCUT2D eigenvalue weighted by molar-refractivity contribution is 5.27. The van der Waals surface area contributed by atoms with Crippen LogP contribution in [0.4, 0.5) is 0 Å². The van der Waals surface area contributed by atoms with Crippen LogP contribution >= 0.6 is 0 Å². The Morgan fingerprint density at radius 3 is 0.939 bits per heavy atom. The molecule has 0 unspecified atom stereocenters. The molecule has 5 aromatic rings. The van der Waals surface area contributed by atoms with Gasteiger partial charge in [-0.3, -0.25) is 0 Å². The molecule has 7 heteroatoms. The van der Waals surface area contributed by atoms with Gasteiger partial charge >= 0.3 is 0 Å². The fourth-order valence-electron chi connectivity index (χ4n) is 6.07. The average molecular weight is 661 g/mol. The van der Waals surface area contributed by atoms with Gasteiger partial charge in [-0.2, -0.15) is 0 Å². The molecule has 7 nitrogen and oxygen atoms in total. The van der Waals surface area contributed by atoms with Crippen LogP contribution in [0.25, 0.3) is 0 Å². The molecule has 0 amide bonds.